The Morgan fingerprint density at radius 1 is 1.14 bits per heavy atom. The first kappa shape index (κ1) is 25.5. The van der Waals surface area contributed by atoms with Crippen LogP contribution in [0.4, 0.5) is 0 Å². The number of aromatic hydroxyl groups is 1. The van der Waals surface area contributed by atoms with Crippen molar-refractivity contribution in [3.05, 3.63) is 52.1 Å². The normalized spacial score (nSPS) is 30.1. The van der Waals surface area contributed by atoms with Gasteiger partial charge in [0.1, 0.15) is 22.8 Å². The predicted molar refractivity (Wildman–Crippen MR) is 137 cm³/mol. The molecule has 7 heteroatoms. The van der Waals surface area contributed by atoms with Crippen LogP contribution >= 0.6 is 0 Å². The van der Waals surface area contributed by atoms with Crippen molar-refractivity contribution >= 4 is 17.5 Å². The average molecular weight is 507 g/mol. The number of benzene rings is 1. The van der Waals surface area contributed by atoms with Gasteiger partial charge in [0.25, 0.3) is 0 Å². The van der Waals surface area contributed by atoms with Crippen LogP contribution in [0.3, 0.4) is 0 Å². The minimum atomic E-state index is -1.39. The Balaban J connectivity index is 1.83. The highest BCUT2D eigenvalue weighted by molar-refractivity contribution is 6.18. The summed E-state index contributed by atoms with van der Waals surface area (Å²) in [5.41, 5.74) is -0.569. The molecule has 7 nitrogen and oxygen atoms in total. The monoisotopic (exact) mass is 506 g/mol. The lowest BCUT2D eigenvalue weighted by Crippen LogP contribution is -2.72. The molecule has 4 bridgehead atoms. The second-order valence-corrected chi connectivity index (χ2v) is 11.7. The lowest BCUT2D eigenvalue weighted by atomic mass is 9.51. The van der Waals surface area contributed by atoms with E-state index >= 15 is 0 Å². The highest BCUT2D eigenvalue weighted by Crippen LogP contribution is 2.68. The number of carbonyl (C=O) groups is 3. The molecule has 1 aromatic carbocycles. The maximum absolute atomic E-state index is 14.3. The number of carbonyl (C=O) groups excluding carboxylic acids is 3. The lowest BCUT2D eigenvalue weighted by Gasteiger charge is -2.56. The molecule has 1 spiro atoms. The van der Waals surface area contributed by atoms with Crippen molar-refractivity contribution in [1.29, 1.82) is 0 Å². The molecule has 1 aromatic rings. The smallest absolute Gasteiger partial charge is 0.308 e. The fourth-order valence-corrected chi connectivity index (χ4v) is 6.70. The fraction of sp³-hybridized carbons (Fsp3) is 0.500. The summed E-state index contributed by atoms with van der Waals surface area (Å²) in [6.45, 7) is 12.9. The second-order valence-electron chi connectivity index (χ2n) is 11.7. The summed E-state index contributed by atoms with van der Waals surface area (Å²) in [5.74, 6) is -1.86. The van der Waals surface area contributed by atoms with Gasteiger partial charge >= 0.3 is 5.97 Å². The molecule has 5 aliphatic rings. The molecule has 1 saturated heterocycles. The van der Waals surface area contributed by atoms with E-state index in [1.807, 2.05) is 53.7 Å². The number of ketones is 2. The topological polar surface area (TPSA) is 99.1 Å². The van der Waals surface area contributed by atoms with Crippen molar-refractivity contribution < 1.29 is 33.7 Å². The minimum Gasteiger partial charge on any atom is -0.507 e. The average Bonchev–Trinajstić information content (AvgIpc) is 2.94. The summed E-state index contributed by atoms with van der Waals surface area (Å²) in [4.78, 5) is 40.3. The van der Waals surface area contributed by atoms with Gasteiger partial charge in [-0.25, -0.2) is 0 Å². The predicted octanol–water partition coefficient (Wildman–Crippen LogP) is 5.19. The van der Waals surface area contributed by atoms with E-state index in [2.05, 4.69) is 0 Å². The number of hydrogen-bond donors (Lipinski definition) is 1. The molecular formula is C30H34O7. The van der Waals surface area contributed by atoms with Crippen molar-refractivity contribution in [3.8, 4) is 17.2 Å². The number of Topliss-reactive ketones (excluding diaryl/α,β-unsaturated/α-hetero) is 2. The first-order valence-corrected chi connectivity index (χ1v) is 12.8. The Hall–Kier alpha value is -3.19. The minimum absolute atomic E-state index is 0.0552. The maximum Gasteiger partial charge on any atom is 0.308 e. The first-order chi connectivity index (χ1) is 17.2. The zero-order valence-corrected chi connectivity index (χ0v) is 22.5. The van der Waals surface area contributed by atoms with Gasteiger partial charge in [0.2, 0.25) is 0 Å². The highest BCUT2D eigenvalue weighted by atomic mass is 16.6. The zero-order chi connectivity index (χ0) is 27.1. The van der Waals surface area contributed by atoms with E-state index in [4.69, 9.17) is 14.2 Å². The molecule has 0 radical (unpaired) electrons. The Morgan fingerprint density at radius 2 is 1.81 bits per heavy atom. The van der Waals surface area contributed by atoms with E-state index < -0.39 is 28.7 Å². The van der Waals surface area contributed by atoms with Gasteiger partial charge in [0.05, 0.1) is 5.60 Å². The molecule has 4 atom stereocenters. The molecule has 2 heterocycles. The highest BCUT2D eigenvalue weighted by Gasteiger charge is 2.81. The first-order valence-electron chi connectivity index (χ1n) is 12.8. The number of esters is 1. The molecule has 0 amide bonds. The standard InChI is InChI=1S/C30H34O7/c1-15(2)8-9-19-21(32)14-22(35-17(5)31)24-25(33)20-12-18-13-23-28(6,7)37-29(27(18)34,11-10-16(3)4)30(20,23)36-26(19)24/h8,10,12,14,18,23,32H,9,11,13H2,1-7H3/t18-,23+,29-,30-/m1/s1. The maximum atomic E-state index is 14.3. The van der Waals surface area contributed by atoms with E-state index in [1.165, 1.54) is 13.0 Å². The summed E-state index contributed by atoms with van der Waals surface area (Å²) in [6, 6.07) is 1.30. The number of ether oxygens (including phenoxy) is 3. The van der Waals surface area contributed by atoms with Gasteiger partial charge in [0.15, 0.2) is 22.8 Å². The Kier molecular flexibility index (Phi) is 5.61. The summed E-state index contributed by atoms with van der Waals surface area (Å²) in [7, 11) is 0. The molecule has 37 heavy (non-hydrogen) atoms. The van der Waals surface area contributed by atoms with Crippen molar-refractivity contribution in [2.24, 2.45) is 11.8 Å². The van der Waals surface area contributed by atoms with Gasteiger partial charge in [0, 0.05) is 42.4 Å². The Labute approximate surface area is 217 Å². The number of hydrogen-bond acceptors (Lipinski definition) is 7. The molecule has 0 unspecified atom stereocenters. The van der Waals surface area contributed by atoms with Gasteiger partial charge < -0.3 is 19.3 Å². The molecule has 2 fully saturated rings. The van der Waals surface area contributed by atoms with E-state index in [0.29, 0.717) is 24.0 Å². The third-order valence-corrected chi connectivity index (χ3v) is 8.18. The van der Waals surface area contributed by atoms with Gasteiger partial charge in [-0.3, -0.25) is 14.4 Å². The Bertz CT molecular complexity index is 1340. The van der Waals surface area contributed by atoms with Crippen LogP contribution in [-0.2, 0) is 20.7 Å². The molecule has 1 saturated carbocycles. The molecule has 2 aliphatic heterocycles. The number of rotatable bonds is 5. The van der Waals surface area contributed by atoms with Crippen LogP contribution in [0.5, 0.6) is 17.2 Å². The number of phenols is 1. The van der Waals surface area contributed by atoms with Crippen molar-refractivity contribution in [2.45, 2.75) is 84.5 Å². The number of fused-ring (bicyclic) bond motifs is 1. The Morgan fingerprint density at radius 3 is 2.43 bits per heavy atom. The van der Waals surface area contributed by atoms with Crippen LogP contribution in [0.25, 0.3) is 0 Å². The van der Waals surface area contributed by atoms with Gasteiger partial charge in [-0.2, -0.15) is 0 Å². The van der Waals surface area contributed by atoms with Crippen LogP contribution in [0.2, 0.25) is 0 Å². The van der Waals surface area contributed by atoms with E-state index in [1.54, 1.807) is 6.08 Å². The zero-order valence-electron chi connectivity index (χ0n) is 22.5. The van der Waals surface area contributed by atoms with Crippen LogP contribution in [-0.4, -0.2) is 39.4 Å². The SMILES string of the molecule is CC(=O)Oc1cc(O)c(CC=C(C)C)c2c1C(=O)C1=C[C@@H]3C[C@H]4C(C)(C)O[C@](CC=C(C)C)(C3=O)[C@@]14O2. The third-order valence-electron chi connectivity index (χ3n) is 8.18. The summed E-state index contributed by atoms with van der Waals surface area (Å²) < 4.78 is 19.0. The van der Waals surface area contributed by atoms with Crippen LogP contribution in [0.15, 0.2) is 41.0 Å². The quantitative estimate of drug-likeness (QED) is 0.333. The third kappa shape index (κ3) is 3.39. The van der Waals surface area contributed by atoms with Crippen LogP contribution < -0.4 is 9.47 Å². The molecule has 6 rings (SSSR count). The number of phenolic OH excluding ortho intramolecular Hbond substituents is 1. The molecule has 0 aromatic heterocycles. The summed E-state index contributed by atoms with van der Waals surface area (Å²) >= 11 is 0. The second kappa shape index (κ2) is 8.15. The van der Waals surface area contributed by atoms with Crippen LogP contribution in [0, 0.1) is 11.8 Å². The lowest BCUT2D eigenvalue weighted by molar-refractivity contribution is -0.171. The van der Waals surface area contributed by atoms with Crippen molar-refractivity contribution in [2.75, 3.05) is 0 Å². The fourth-order valence-electron chi connectivity index (χ4n) is 6.70. The molecule has 1 N–H and O–H groups in total. The van der Waals surface area contributed by atoms with Gasteiger partial charge in [-0.1, -0.05) is 29.4 Å². The van der Waals surface area contributed by atoms with Gasteiger partial charge in [-0.05, 0) is 54.4 Å². The van der Waals surface area contributed by atoms with E-state index in [0.717, 1.165) is 11.1 Å². The van der Waals surface area contributed by atoms with E-state index in [-0.39, 0.29) is 46.7 Å². The number of allylic oxidation sites excluding steroid dienone is 4. The summed E-state index contributed by atoms with van der Waals surface area (Å²) in [6.07, 6.45) is 6.69. The van der Waals surface area contributed by atoms with Crippen LogP contribution in [0.1, 0.15) is 77.2 Å². The van der Waals surface area contributed by atoms with Crippen molar-refractivity contribution in [1.82, 2.24) is 0 Å². The molecule has 3 aliphatic carbocycles. The van der Waals surface area contributed by atoms with Gasteiger partial charge in [-0.15, -0.1) is 0 Å². The molecular weight excluding hydrogens is 472 g/mol. The largest absolute Gasteiger partial charge is 0.507 e. The summed E-state index contributed by atoms with van der Waals surface area (Å²) in [5, 5.41) is 11.0. The molecule has 196 valence electrons. The van der Waals surface area contributed by atoms with Crippen molar-refractivity contribution in [3.63, 3.8) is 0 Å². The van der Waals surface area contributed by atoms with E-state index in [9.17, 15) is 19.5 Å².